The van der Waals surface area contributed by atoms with E-state index >= 15 is 0 Å². The summed E-state index contributed by atoms with van der Waals surface area (Å²) in [5.41, 5.74) is -0.887. The van der Waals surface area contributed by atoms with Crippen molar-refractivity contribution in [3.63, 3.8) is 0 Å². The topological polar surface area (TPSA) is 91.7 Å². The maximum atomic E-state index is 12.3. The molecule has 1 aromatic rings. The van der Waals surface area contributed by atoms with Crippen molar-refractivity contribution >= 4 is 15.8 Å². The average Bonchev–Trinajstić information content (AvgIpc) is 2.50. The number of hydrogen-bond donors (Lipinski definition) is 2. The number of rotatable bonds is 2. The predicted molar refractivity (Wildman–Crippen MR) is 64.2 cm³/mol. The van der Waals surface area contributed by atoms with Crippen LogP contribution in [-0.4, -0.2) is 29.9 Å². The Morgan fingerprint density at radius 3 is 2.56 bits per heavy atom. The summed E-state index contributed by atoms with van der Waals surface area (Å²) in [4.78, 5) is 11.3. The number of carbonyl (C=O) groups is 1. The molecule has 0 fully saturated rings. The fourth-order valence-corrected chi connectivity index (χ4v) is 4.59. The second-order valence-corrected chi connectivity index (χ2v) is 7.16. The van der Waals surface area contributed by atoms with E-state index in [-0.39, 0.29) is 17.1 Å². The zero-order valence-corrected chi connectivity index (χ0v) is 10.9. The first-order valence-corrected chi connectivity index (χ1v) is 7.01. The second kappa shape index (κ2) is 3.71. The Morgan fingerprint density at radius 1 is 1.39 bits per heavy atom. The summed E-state index contributed by atoms with van der Waals surface area (Å²) in [7, 11) is -3.66. The van der Waals surface area contributed by atoms with Gasteiger partial charge in [-0.2, -0.15) is 0 Å². The molecule has 0 radical (unpaired) electrons. The molecule has 1 aliphatic rings. The van der Waals surface area contributed by atoms with Crippen LogP contribution >= 0.6 is 0 Å². The number of phenolic OH excluding ortho intramolecular Hbond substituents is 1. The van der Waals surface area contributed by atoms with Gasteiger partial charge in [0.15, 0.2) is 9.84 Å². The first-order chi connectivity index (χ1) is 8.17. The fourth-order valence-electron chi connectivity index (χ4n) is 2.25. The number of fused-ring (bicyclic) bond motifs is 1. The summed E-state index contributed by atoms with van der Waals surface area (Å²) in [5, 5.41) is 17.5. The molecule has 1 heterocycles. The molecular formula is C12H14O5S. The number of aromatic hydroxyl groups is 1. The summed E-state index contributed by atoms with van der Waals surface area (Å²) in [5.74, 6) is -1.16. The minimum absolute atomic E-state index is 0.0160. The zero-order valence-electron chi connectivity index (χ0n) is 10.0. The monoisotopic (exact) mass is 270 g/mol. The van der Waals surface area contributed by atoms with Crippen molar-refractivity contribution < 1.29 is 23.4 Å². The number of aliphatic carboxylic acids is 1. The fraction of sp³-hybridized carbons (Fsp3) is 0.417. The van der Waals surface area contributed by atoms with Crippen molar-refractivity contribution in [2.45, 2.75) is 30.4 Å². The maximum Gasteiger partial charge on any atom is 0.310 e. The molecule has 0 aromatic heterocycles. The van der Waals surface area contributed by atoms with Crippen LogP contribution in [0.3, 0.4) is 0 Å². The van der Waals surface area contributed by atoms with Gasteiger partial charge in [0.2, 0.25) is 0 Å². The lowest BCUT2D eigenvalue weighted by molar-refractivity contribution is -0.146. The molecule has 1 aliphatic heterocycles. The van der Waals surface area contributed by atoms with Crippen molar-refractivity contribution in [2.24, 2.45) is 5.41 Å². The Morgan fingerprint density at radius 2 is 2.00 bits per heavy atom. The van der Waals surface area contributed by atoms with Crippen LogP contribution < -0.4 is 0 Å². The highest BCUT2D eigenvalue weighted by Crippen LogP contribution is 2.41. The van der Waals surface area contributed by atoms with E-state index in [9.17, 15) is 18.3 Å². The highest BCUT2D eigenvalue weighted by molar-refractivity contribution is 7.92. The lowest BCUT2D eigenvalue weighted by Crippen LogP contribution is -2.41. The number of carboxylic acids is 1. The molecule has 5 nitrogen and oxygen atoms in total. The van der Waals surface area contributed by atoms with Gasteiger partial charge in [-0.1, -0.05) is 0 Å². The van der Waals surface area contributed by atoms with Gasteiger partial charge >= 0.3 is 5.97 Å². The number of benzene rings is 1. The molecule has 0 saturated carbocycles. The quantitative estimate of drug-likeness (QED) is 0.842. The summed E-state index contributed by atoms with van der Waals surface area (Å²) >= 11 is 0. The van der Waals surface area contributed by atoms with Crippen molar-refractivity contribution in [3.8, 4) is 5.75 Å². The highest BCUT2D eigenvalue weighted by Gasteiger charge is 2.50. The average molecular weight is 270 g/mol. The number of hydrogen-bond acceptors (Lipinski definition) is 4. The van der Waals surface area contributed by atoms with Gasteiger partial charge in [0.1, 0.15) is 5.75 Å². The Kier molecular flexibility index (Phi) is 2.66. The Balaban J connectivity index is 2.57. The standard InChI is InChI=1S/C12H14O5S/c1-12(2,11(14)15)10-6-7-5-8(13)3-4-9(7)18(10,16)17/h3-5,10,13H,6H2,1-2H3,(H,14,15). The molecule has 18 heavy (non-hydrogen) atoms. The van der Waals surface area contributed by atoms with Gasteiger partial charge in [-0.3, -0.25) is 4.79 Å². The second-order valence-electron chi connectivity index (χ2n) is 5.06. The minimum atomic E-state index is -3.66. The van der Waals surface area contributed by atoms with Gasteiger partial charge in [-0.15, -0.1) is 0 Å². The third-order valence-electron chi connectivity index (χ3n) is 3.49. The third-order valence-corrected chi connectivity index (χ3v) is 6.00. The van der Waals surface area contributed by atoms with Crippen molar-refractivity contribution in [1.29, 1.82) is 0 Å². The maximum absolute atomic E-state index is 12.3. The summed E-state index contributed by atoms with van der Waals surface area (Å²) < 4.78 is 24.6. The first-order valence-electron chi connectivity index (χ1n) is 5.46. The lowest BCUT2D eigenvalue weighted by Gasteiger charge is -2.25. The molecule has 0 amide bonds. The van der Waals surface area contributed by atoms with E-state index in [2.05, 4.69) is 0 Å². The van der Waals surface area contributed by atoms with Gasteiger partial charge in [0, 0.05) is 0 Å². The summed E-state index contributed by atoms with van der Waals surface area (Å²) in [6.07, 6.45) is 0.116. The van der Waals surface area contributed by atoms with E-state index in [1.54, 1.807) is 0 Å². The van der Waals surface area contributed by atoms with Crippen LogP contribution in [0.5, 0.6) is 5.75 Å². The lowest BCUT2D eigenvalue weighted by atomic mass is 9.86. The smallest absolute Gasteiger partial charge is 0.310 e. The number of sulfone groups is 1. The summed E-state index contributed by atoms with van der Waals surface area (Å²) in [6.45, 7) is 2.81. The zero-order chi connectivity index (χ0) is 13.7. The SMILES string of the molecule is CC(C)(C(=O)O)C1Cc2cc(O)ccc2S1(=O)=O. The van der Waals surface area contributed by atoms with Crippen LogP contribution in [0.1, 0.15) is 19.4 Å². The molecule has 0 spiro atoms. The molecule has 0 aliphatic carbocycles. The molecule has 2 rings (SSSR count). The van der Waals surface area contributed by atoms with Crippen LogP contribution in [0.4, 0.5) is 0 Å². The van der Waals surface area contributed by atoms with E-state index in [1.807, 2.05) is 0 Å². The Bertz CT molecular complexity index is 615. The van der Waals surface area contributed by atoms with Crippen LogP contribution in [0.2, 0.25) is 0 Å². The van der Waals surface area contributed by atoms with Gasteiger partial charge in [0.25, 0.3) is 0 Å². The molecule has 1 aromatic carbocycles. The third kappa shape index (κ3) is 1.68. The van der Waals surface area contributed by atoms with E-state index in [1.165, 1.54) is 32.0 Å². The largest absolute Gasteiger partial charge is 0.508 e. The first kappa shape index (κ1) is 12.9. The van der Waals surface area contributed by atoms with Crippen molar-refractivity contribution in [3.05, 3.63) is 23.8 Å². The van der Waals surface area contributed by atoms with E-state index in [0.29, 0.717) is 5.56 Å². The Labute approximate surface area is 105 Å². The molecule has 2 N–H and O–H groups in total. The molecular weight excluding hydrogens is 256 g/mol. The minimum Gasteiger partial charge on any atom is -0.508 e. The predicted octanol–water partition coefficient (Wildman–Crippen LogP) is 1.20. The number of phenols is 1. The van der Waals surface area contributed by atoms with E-state index < -0.39 is 26.5 Å². The van der Waals surface area contributed by atoms with Gasteiger partial charge < -0.3 is 10.2 Å². The van der Waals surface area contributed by atoms with Gasteiger partial charge in [-0.05, 0) is 44.0 Å². The van der Waals surface area contributed by atoms with E-state index in [0.717, 1.165) is 0 Å². The van der Waals surface area contributed by atoms with Crippen molar-refractivity contribution in [1.82, 2.24) is 0 Å². The molecule has 1 unspecified atom stereocenters. The molecule has 98 valence electrons. The number of carboxylic acid groups (broad SMARTS) is 1. The van der Waals surface area contributed by atoms with Crippen LogP contribution in [0.25, 0.3) is 0 Å². The Hall–Kier alpha value is -1.56. The van der Waals surface area contributed by atoms with Crippen LogP contribution in [0, 0.1) is 5.41 Å². The van der Waals surface area contributed by atoms with Gasteiger partial charge in [0.05, 0.1) is 15.6 Å². The molecule has 0 bridgehead atoms. The van der Waals surface area contributed by atoms with Gasteiger partial charge in [-0.25, -0.2) is 8.42 Å². The molecule has 6 heteroatoms. The normalized spacial score (nSPS) is 21.6. The highest BCUT2D eigenvalue weighted by atomic mass is 32.2. The van der Waals surface area contributed by atoms with Crippen LogP contribution in [-0.2, 0) is 21.1 Å². The molecule has 1 atom stereocenters. The van der Waals surface area contributed by atoms with E-state index in [4.69, 9.17) is 5.11 Å². The summed E-state index contributed by atoms with van der Waals surface area (Å²) in [6, 6.07) is 4.01. The molecule has 0 saturated heterocycles. The van der Waals surface area contributed by atoms with Crippen molar-refractivity contribution in [2.75, 3.05) is 0 Å². The van der Waals surface area contributed by atoms with Crippen LogP contribution in [0.15, 0.2) is 23.1 Å².